The Hall–Kier alpha value is -2.38. The van der Waals surface area contributed by atoms with Gasteiger partial charge in [0.05, 0.1) is 30.4 Å². The second-order valence-corrected chi connectivity index (χ2v) is 7.58. The molecule has 4 rings (SSSR count). The van der Waals surface area contributed by atoms with Gasteiger partial charge in [0.15, 0.2) is 0 Å². The summed E-state index contributed by atoms with van der Waals surface area (Å²) in [7, 11) is 1.55. The highest BCUT2D eigenvalue weighted by atomic mass is 35.5. The third-order valence-electron chi connectivity index (χ3n) is 5.29. The molecule has 1 aliphatic carbocycles. The molecule has 1 heterocycles. The van der Waals surface area contributed by atoms with Crippen LogP contribution in [-0.2, 0) is 10.2 Å². The molecule has 0 spiro atoms. The van der Waals surface area contributed by atoms with Crippen LogP contribution in [0.3, 0.4) is 0 Å². The van der Waals surface area contributed by atoms with E-state index in [4.69, 9.17) is 22.4 Å². The predicted molar refractivity (Wildman–Crippen MR) is 114 cm³/mol. The number of rotatable bonds is 6. The molecule has 29 heavy (non-hydrogen) atoms. The average molecular weight is 417 g/mol. The highest BCUT2D eigenvalue weighted by molar-refractivity contribution is 6.34. The van der Waals surface area contributed by atoms with Crippen molar-refractivity contribution >= 4 is 28.4 Å². The number of aromatic amines is 1. The number of hydrogen-bond donors (Lipinski definition) is 4. The Morgan fingerprint density at radius 1 is 1.24 bits per heavy atom. The fourth-order valence-electron chi connectivity index (χ4n) is 3.35. The zero-order chi connectivity index (χ0) is 21.0. The highest BCUT2D eigenvalue weighted by Gasteiger charge is 2.43. The van der Waals surface area contributed by atoms with Crippen molar-refractivity contribution in [1.82, 2.24) is 4.98 Å². The number of aromatic nitrogens is 1. The number of aliphatic hydroxyl groups is 2. The van der Waals surface area contributed by atoms with E-state index in [1.807, 2.05) is 36.4 Å². The number of primary amides is 1. The molecule has 3 aromatic rings. The summed E-state index contributed by atoms with van der Waals surface area (Å²) in [4.78, 5) is 14.6. The third-order valence-corrected chi connectivity index (χ3v) is 5.61. The molecule has 0 radical (unpaired) electrons. The summed E-state index contributed by atoms with van der Waals surface area (Å²) < 4.78 is 4.44. The third kappa shape index (κ3) is 4.46. The predicted octanol–water partition coefficient (Wildman–Crippen LogP) is 3.24. The smallest absolute Gasteiger partial charge is 0.250 e. The van der Waals surface area contributed by atoms with Gasteiger partial charge < -0.3 is 25.7 Å². The number of hydrogen-bond acceptors (Lipinski definition) is 4. The van der Waals surface area contributed by atoms with Crippen LogP contribution in [0.5, 0.6) is 0 Å². The first-order chi connectivity index (χ1) is 14.0. The number of carbonyl (C=O) groups is 1. The lowest BCUT2D eigenvalue weighted by molar-refractivity contribution is 0.100. The summed E-state index contributed by atoms with van der Waals surface area (Å²) in [5.74, 6) is -0.469. The average Bonchev–Trinajstić information content (AvgIpc) is 3.42. The normalized spacial score (nSPS) is 14.3. The van der Waals surface area contributed by atoms with Crippen molar-refractivity contribution in [3.8, 4) is 11.1 Å². The first kappa shape index (κ1) is 21.3. The quantitative estimate of drug-likeness (QED) is 0.494. The summed E-state index contributed by atoms with van der Waals surface area (Å²) in [5.41, 5.74) is 9.59. The van der Waals surface area contributed by atoms with Crippen LogP contribution in [0.25, 0.3) is 22.0 Å². The zero-order valence-corrected chi connectivity index (χ0v) is 17.0. The van der Waals surface area contributed by atoms with Gasteiger partial charge in [-0.2, -0.15) is 0 Å². The van der Waals surface area contributed by atoms with E-state index in [2.05, 4.69) is 9.72 Å². The number of methoxy groups -OCH3 is 1. The number of aliphatic hydroxyl groups excluding tert-OH is 2. The molecule has 6 nitrogen and oxygen atoms in total. The molecular weight excluding hydrogens is 392 g/mol. The monoisotopic (exact) mass is 416 g/mol. The van der Waals surface area contributed by atoms with Gasteiger partial charge in [0.1, 0.15) is 0 Å². The maximum Gasteiger partial charge on any atom is 0.250 e. The molecule has 1 amide bonds. The van der Waals surface area contributed by atoms with Crippen molar-refractivity contribution in [2.24, 2.45) is 5.73 Å². The highest BCUT2D eigenvalue weighted by Crippen LogP contribution is 2.48. The maximum atomic E-state index is 11.5. The molecular formula is C22H25ClN2O4. The zero-order valence-electron chi connectivity index (χ0n) is 16.2. The van der Waals surface area contributed by atoms with E-state index in [0.29, 0.717) is 17.2 Å². The van der Waals surface area contributed by atoms with E-state index < -0.39 is 5.91 Å². The van der Waals surface area contributed by atoms with Gasteiger partial charge in [0.25, 0.3) is 5.91 Å². The number of H-pyrrole nitrogens is 1. The van der Waals surface area contributed by atoms with E-state index >= 15 is 0 Å². The number of carbonyl (C=O) groups excluding carboxylic acids is 1. The van der Waals surface area contributed by atoms with Gasteiger partial charge in [-0.25, -0.2) is 0 Å². The van der Waals surface area contributed by atoms with Crippen LogP contribution in [0.2, 0.25) is 5.02 Å². The van der Waals surface area contributed by atoms with Gasteiger partial charge in [-0.1, -0.05) is 35.9 Å². The number of fused-ring (bicyclic) bond motifs is 1. The second kappa shape index (κ2) is 8.97. The topological polar surface area (TPSA) is 109 Å². The van der Waals surface area contributed by atoms with Crippen molar-refractivity contribution in [1.29, 1.82) is 0 Å². The van der Waals surface area contributed by atoms with Gasteiger partial charge in [0.2, 0.25) is 0 Å². The van der Waals surface area contributed by atoms with Crippen LogP contribution in [-0.4, -0.2) is 48.0 Å². The molecule has 0 aliphatic heterocycles. The number of amides is 1. The van der Waals surface area contributed by atoms with Crippen LogP contribution in [0.4, 0.5) is 0 Å². The molecule has 0 unspecified atom stereocenters. The van der Waals surface area contributed by atoms with Gasteiger partial charge in [-0.15, -0.1) is 0 Å². The number of halogens is 1. The van der Waals surface area contributed by atoms with E-state index in [0.717, 1.165) is 40.4 Å². The molecule has 0 atom stereocenters. The Morgan fingerprint density at radius 3 is 2.41 bits per heavy atom. The SMILES string of the molecule is COCCO.NC(=O)c1c[nH]c2cc(Cl)c(-c3ccc(C4(CO)CC4)cc3)cc12. The molecule has 2 aromatic carbocycles. The number of nitrogens with one attached hydrogen (secondary N) is 1. The first-order valence-corrected chi connectivity index (χ1v) is 9.75. The van der Waals surface area contributed by atoms with E-state index in [-0.39, 0.29) is 18.6 Å². The molecule has 5 N–H and O–H groups in total. The lowest BCUT2D eigenvalue weighted by atomic mass is 9.94. The summed E-state index contributed by atoms with van der Waals surface area (Å²) in [6, 6.07) is 11.8. The van der Waals surface area contributed by atoms with Crippen molar-refractivity contribution in [2.75, 3.05) is 26.9 Å². The van der Waals surface area contributed by atoms with E-state index in [9.17, 15) is 9.90 Å². The summed E-state index contributed by atoms with van der Waals surface area (Å²) >= 11 is 6.42. The summed E-state index contributed by atoms with van der Waals surface area (Å²) in [6.45, 7) is 0.751. The van der Waals surface area contributed by atoms with Gasteiger partial charge in [-0.3, -0.25) is 4.79 Å². The Kier molecular flexibility index (Phi) is 6.59. The maximum absolute atomic E-state index is 11.5. The molecule has 1 aliphatic rings. The van der Waals surface area contributed by atoms with Crippen molar-refractivity contribution in [3.05, 3.63) is 58.7 Å². The van der Waals surface area contributed by atoms with Crippen LogP contribution in [0.15, 0.2) is 42.6 Å². The summed E-state index contributed by atoms with van der Waals surface area (Å²) in [6.07, 6.45) is 3.66. The van der Waals surface area contributed by atoms with Crippen LogP contribution in [0.1, 0.15) is 28.8 Å². The second-order valence-electron chi connectivity index (χ2n) is 7.18. The van der Waals surface area contributed by atoms with E-state index in [1.54, 1.807) is 13.3 Å². The van der Waals surface area contributed by atoms with E-state index in [1.165, 1.54) is 0 Å². The lowest BCUT2D eigenvalue weighted by Crippen LogP contribution is -2.11. The Morgan fingerprint density at radius 2 is 1.93 bits per heavy atom. The van der Waals surface area contributed by atoms with Crippen LogP contribution in [0, 0.1) is 0 Å². The fourth-order valence-corrected chi connectivity index (χ4v) is 3.62. The minimum atomic E-state index is -0.469. The molecule has 1 fully saturated rings. The fraction of sp³-hybridized carbons (Fsp3) is 0.318. The van der Waals surface area contributed by atoms with Crippen molar-refractivity contribution in [3.63, 3.8) is 0 Å². The largest absolute Gasteiger partial charge is 0.395 e. The number of benzene rings is 2. The molecule has 0 bridgehead atoms. The minimum Gasteiger partial charge on any atom is -0.395 e. The number of ether oxygens (including phenoxy) is 1. The Labute approximate surface area is 174 Å². The van der Waals surface area contributed by atoms with Gasteiger partial charge in [0, 0.05) is 35.2 Å². The van der Waals surface area contributed by atoms with Crippen molar-refractivity contribution < 1.29 is 19.7 Å². The minimum absolute atomic E-state index is 0.0495. The number of nitrogens with two attached hydrogens (primary N) is 1. The Bertz CT molecular complexity index is 992. The molecule has 0 saturated heterocycles. The van der Waals surface area contributed by atoms with Gasteiger partial charge >= 0.3 is 0 Å². The van der Waals surface area contributed by atoms with Gasteiger partial charge in [-0.05, 0) is 36.1 Å². The molecule has 1 aromatic heterocycles. The summed E-state index contributed by atoms with van der Waals surface area (Å²) in [5, 5.41) is 18.9. The standard InChI is InChI=1S/C19H17ClN2O2.C3H8O2/c20-16-8-17-14(15(9-22-17)18(21)24)7-13(16)11-1-3-12(4-2-11)19(10-23)5-6-19;1-5-3-2-4/h1-4,7-9,22-23H,5-6,10H2,(H2,21,24);4H,2-3H2,1H3. The lowest BCUT2D eigenvalue weighted by Gasteiger charge is -2.13. The first-order valence-electron chi connectivity index (χ1n) is 9.38. The van der Waals surface area contributed by atoms with Crippen molar-refractivity contribution in [2.45, 2.75) is 18.3 Å². The van der Waals surface area contributed by atoms with Crippen LogP contribution < -0.4 is 5.73 Å². The molecule has 154 valence electrons. The van der Waals surface area contributed by atoms with Crippen LogP contribution >= 0.6 is 11.6 Å². The molecule has 7 heteroatoms. The Balaban J connectivity index is 0.000000431. The molecule has 1 saturated carbocycles.